The van der Waals surface area contributed by atoms with Crippen LogP contribution < -0.4 is 14.8 Å². The lowest BCUT2D eigenvalue weighted by Crippen LogP contribution is -2.36. The molecule has 7 heteroatoms. The Morgan fingerprint density at radius 2 is 2.21 bits per heavy atom. The van der Waals surface area contributed by atoms with Crippen molar-refractivity contribution in [2.75, 3.05) is 26.1 Å². The number of hydrogen-bond acceptors (Lipinski definition) is 6. The second-order valence-electron chi connectivity index (χ2n) is 6.88. The molecular weight excluding hydrogens is 374 g/mol. The minimum Gasteiger partial charge on any atom is -0.497 e. The van der Waals surface area contributed by atoms with Gasteiger partial charge in [0.15, 0.2) is 5.13 Å². The summed E-state index contributed by atoms with van der Waals surface area (Å²) in [5, 5.41) is 3.46. The molecule has 0 radical (unpaired) electrons. The number of ether oxygens (including phenoxy) is 2. The van der Waals surface area contributed by atoms with Crippen molar-refractivity contribution in [3.8, 4) is 11.5 Å². The van der Waals surface area contributed by atoms with E-state index < -0.39 is 0 Å². The number of rotatable bonds is 7. The van der Waals surface area contributed by atoms with Gasteiger partial charge in [-0.05, 0) is 50.6 Å². The summed E-state index contributed by atoms with van der Waals surface area (Å²) in [5.41, 5.74) is 0.774. The van der Waals surface area contributed by atoms with Gasteiger partial charge in [-0.3, -0.25) is 15.0 Å². The van der Waals surface area contributed by atoms with E-state index in [0.717, 1.165) is 18.7 Å². The number of likely N-dealkylation sites (tertiary alicyclic amines) is 1. The molecule has 1 aliphatic rings. The Balaban J connectivity index is 1.59. The van der Waals surface area contributed by atoms with E-state index in [1.165, 1.54) is 41.6 Å². The highest BCUT2D eigenvalue weighted by molar-refractivity contribution is 7.15. The predicted octanol–water partition coefficient (Wildman–Crippen LogP) is 4.19. The third-order valence-electron chi connectivity index (χ3n) is 4.93. The number of benzene rings is 1. The summed E-state index contributed by atoms with van der Waals surface area (Å²) < 4.78 is 10.6. The number of methoxy groups -OCH3 is 2. The van der Waals surface area contributed by atoms with E-state index >= 15 is 0 Å². The van der Waals surface area contributed by atoms with E-state index in [-0.39, 0.29) is 5.91 Å². The zero-order valence-electron chi connectivity index (χ0n) is 16.6. The van der Waals surface area contributed by atoms with E-state index in [1.54, 1.807) is 20.3 Å². The first kappa shape index (κ1) is 20.4. The molecule has 1 unspecified atom stereocenters. The monoisotopic (exact) mass is 401 g/mol. The van der Waals surface area contributed by atoms with Gasteiger partial charge in [0, 0.05) is 35.3 Å². The van der Waals surface area contributed by atoms with Crippen molar-refractivity contribution in [1.29, 1.82) is 0 Å². The van der Waals surface area contributed by atoms with Crippen LogP contribution in [0.5, 0.6) is 11.5 Å². The number of nitrogens with one attached hydrogen (secondary N) is 1. The Labute approximate surface area is 170 Å². The second-order valence-corrected chi connectivity index (χ2v) is 7.99. The van der Waals surface area contributed by atoms with Crippen molar-refractivity contribution in [3.05, 3.63) is 40.9 Å². The van der Waals surface area contributed by atoms with E-state index in [9.17, 15) is 4.79 Å². The number of carbonyl (C=O) groups is 1. The molecular formula is C21H27N3O3S. The number of carbonyl (C=O) groups excluding carboxylic acids is 1. The Bertz CT molecular complexity index is 834. The van der Waals surface area contributed by atoms with E-state index in [2.05, 4.69) is 22.1 Å². The van der Waals surface area contributed by atoms with Crippen molar-refractivity contribution in [2.24, 2.45) is 0 Å². The van der Waals surface area contributed by atoms with Crippen molar-refractivity contribution in [2.45, 2.75) is 38.8 Å². The first-order chi connectivity index (χ1) is 13.6. The quantitative estimate of drug-likeness (QED) is 0.705. The third kappa shape index (κ3) is 5.33. The number of hydrogen-bond donors (Lipinski definition) is 1. The zero-order valence-corrected chi connectivity index (χ0v) is 17.4. The summed E-state index contributed by atoms with van der Waals surface area (Å²) in [6.07, 6.45) is 8.86. The molecule has 1 aromatic carbocycles. The average Bonchev–Trinajstić information content (AvgIpc) is 3.14. The molecule has 1 atom stereocenters. The van der Waals surface area contributed by atoms with Crippen LogP contribution in [0.15, 0.2) is 30.5 Å². The minimum absolute atomic E-state index is 0.225. The molecule has 6 nitrogen and oxygen atoms in total. The lowest BCUT2D eigenvalue weighted by atomic mass is 10.0. The number of aromatic nitrogens is 1. The molecule has 0 spiro atoms. The molecule has 28 heavy (non-hydrogen) atoms. The summed E-state index contributed by atoms with van der Waals surface area (Å²) >= 11 is 1.53. The Hall–Kier alpha value is -2.38. The van der Waals surface area contributed by atoms with Crippen molar-refractivity contribution >= 4 is 28.5 Å². The van der Waals surface area contributed by atoms with Crippen molar-refractivity contribution in [3.63, 3.8) is 0 Å². The van der Waals surface area contributed by atoms with Gasteiger partial charge in [-0.25, -0.2) is 4.98 Å². The van der Waals surface area contributed by atoms with E-state index in [0.29, 0.717) is 22.7 Å². The van der Waals surface area contributed by atoms with Gasteiger partial charge in [-0.2, -0.15) is 0 Å². The normalized spacial score (nSPS) is 17.6. The van der Waals surface area contributed by atoms with Crippen LogP contribution >= 0.6 is 11.3 Å². The standard InChI is InChI=1S/C21H27N3O3S/c1-15-6-4-5-11-24(15)14-18-13-22-21(28-18)23-20(25)10-7-16-12-17(26-2)8-9-19(16)27-3/h7-10,12-13,15H,4-6,11,14H2,1-3H3,(H,22,23,25)/b10-7+. The fourth-order valence-electron chi connectivity index (χ4n) is 3.31. The maximum Gasteiger partial charge on any atom is 0.250 e. The molecule has 1 fully saturated rings. The highest BCUT2D eigenvalue weighted by Crippen LogP contribution is 2.26. The smallest absolute Gasteiger partial charge is 0.250 e. The van der Waals surface area contributed by atoms with Gasteiger partial charge < -0.3 is 9.47 Å². The first-order valence-electron chi connectivity index (χ1n) is 9.49. The van der Waals surface area contributed by atoms with Crippen LogP contribution in [0.4, 0.5) is 5.13 Å². The number of amides is 1. The molecule has 150 valence electrons. The fraction of sp³-hybridized carbons (Fsp3) is 0.429. The van der Waals surface area contributed by atoms with Gasteiger partial charge in [0.05, 0.1) is 14.2 Å². The summed E-state index contributed by atoms with van der Waals surface area (Å²) in [4.78, 5) is 20.3. The molecule has 2 aromatic rings. The molecule has 0 aliphatic carbocycles. The molecule has 2 heterocycles. The molecule has 1 aromatic heterocycles. The molecule has 1 aliphatic heterocycles. The van der Waals surface area contributed by atoms with Crippen LogP contribution in [0.2, 0.25) is 0 Å². The van der Waals surface area contributed by atoms with Gasteiger partial charge in [-0.15, -0.1) is 11.3 Å². The second kappa shape index (κ2) is 9.71. The number of anilines is 1. The van der Waals surface area contributed by atoms with Crippen molar-refractivity contribution in [1.82, 2.24) is 9.88 Å². The summed E-state index contributed by atoms with van der Waals surface area (Å²) in [7, 11) is 3.20. The largest absolute Gasteiger partial charge is 0.497 e. The lowest BCUT2D eigenvalue weighted by molar-refractivity contribution is -0.111. The van der Waals surface area contributed by atoms with Gasteiger partial charge >= 0.3 is 0 Å². The maximum absolute atomic E-state index is 12.3. The van der Waals surface area contributed by atoms with Gasteiger partial charge in [0.1, 0.15) is 11.5 Å². The minimum atomic E-state index is -0.225. The summed E-state index contributed by atoms with van der Waals surface area (Å²) in [6.45, 7) is 4.30. The summed E-state index contributed by atoms with van der Waals surface area (Å²) in [5.74, 6) is 1.16. The molecule has 0 saturated carbocycles. The highest BCUT2D eigenvalue weighted by Gasteiger charge is 2.19. The van der Waals surface area contributed by atoms with Crippen molar-refractivity contribution < 1.29 is 14.3 Å². The zero-order chi connectivity index (χ0) is 19.9. The van der Waals surface area contributed by atoms with Gasteiger partial charge in [0.2, 0.25) is 5.91 Å². The topological polar surface area (TPSA) is 63.7 Å². The first-order valence-corrected chi connectivity index (χ1v) is 10.3. The third-order valence-corrected chi connectivity index (χ3v) is 5.83. The maximum atomic E-state index is 12.3. The number of piperidine rings is 1. The highest BCUT2D eigenvalue weighted by atomic mass is 32.1. The molecule has 1 saturated heterocycles. The fourth-order valence-corrected chi connectivity index (χ4v) is 4.15. The van der Waals surface area contributed by atoms with Crippen LogP contribution in [0.1, 0.15) is 36.6 Å². The molecule has 3 rings (SSSR count). The van der Waals surface area contributed by atoms with Crippen LogP contribution in [-0.4, -0.2) is 42.6 Å². The lowest BCUT2D eigenvalue weighted by Gasteiger charge is -2.32. The average molecular weight is 402 g/mol. The number of thiazole rings is 1. The van der Waals surface area contributed by atoms with E-state index in [1.807, 2.05) is 24.4 Å². The molecule has 1 amide bonds. The number of nitrogens with zero attached hydrogens (tertiary/aromatic N) is 2. The van der Waals surface area contributed by atoms with Crippen LogP contribution in [0.3, 0.4) is 0 Å². The van der Waals surface area contributed by atoms with Crippen LogP contribution in [0.25, 0.3) is 6.08 Å². The van der Waals surface area contributed by atoms with Gasteiger partial charge in [-0.1, -0.05) is 6.42 Å². The SMILES string of the molecule is COc1ccc(OC)c(/C=C/C(=O)Nc2ncc(CN3CCCCC3C)s2)c1. The van der Waals surface area contributed by atoms with Crippen LogP contribution in [0, 0.1) is 0 Å². The molecule has 0 bridgehead atoms. The Morgan fingerprint density at radius 3 is 2.96 bits per heavy atom. The molecule has 1 N–H and O–H groups in total. The Morgan fingerprint density at radius 1 is 1.36 bits per heavy atom. The van der Waals surface area contributed by atoms with E-state index in [4.69, 9.17) is 9.47 Å². The predicted molar refractivity (Wildman–Crippen MR) is 113 cm³/mol. The van der Waals surface area contributed by atoms with Gasteiger partial charge in [0.25, 0.3) is 0 Å². The Kier molecular flexibility index (Phi) is 7.06. The summed E-state index contributed by atoms with van der Waals surface area (Å²) in [6, 6.07) is 6.06. The van der Waals surface area contributed by atoms with Crippen LogP contribution in [-0.2, 0) is 11.3 Å².